The fourth-order valence-electron chi connectivity index (χ4n) is 4.35. The van der Waals surface area contributed by atoms with E-state index in [2.05, 4.69) is 4.90 Å². The number of benzene rings is 2. The molecule has 2 aromatic rings. The number of ketones is 1. The number of carbonyl (C=O) groups is 2. The monoisotopic (exact) mass is 470 g/mol. The van der Waals surface area contributed by atoms with Crippen LogP contribution in [0.25, 0.3) is 5.76 Å². The number of halogens is 1. The van der Waals surface area contributed by atoms with E-state index in [9.17, 15) is 14.7 Å². The summed E-state index contributed by atoms with van der Waals surface area (Å²) in [5.41, 5.74) is 1.15. The molecule has 0 saturated carbocycles. The third-order valence-corrected chi connectivity index (χ3v) is 6.26. The van der Waals surface area contributed by atoms with Crippen LogP contribution in [0.2, 0.25) is 5.02 Å². The normalized spacial score (nSPS) is 20.9. The van der Waals surface area contributed by atoms with Gasteiger partial charge in [-0.2, -0.15) is 0 Å². The molecular weight excluding hydrogens is 444 g/mol. The molecule has 4 rings (SSSR count). The van der Waals surface area contributed by atoms with Gasteiger partial charge in [-0.15, -0.1) is 0 Å². The van der Waals surface area contributed by atoms with Crippen molar-refractivity contribution in [1.82, 2.24) is 9.80 Å². The zero-order valence-corrected chi connectivity index (χ0v) is 19.3. The van der Waals surface area contributed by atoms with E-state index in [0.29, 0.717) is 48.1 Å². The highest BCUT2D eigenvalue weighted by Gasteiger charge is 2.45. The Kier molecular flexibility index (Phi) is 7.33. The Labute approximate surface area is 198 Å². The number of rotatable bonds is 7. The van der Waals surface area contributed by atoms with E-state index >= 15 is 0 Å². The molecule has 174 valence electrons. The van der Waals surface area contributed by atoms with Crippen molar-refractivity contribution < 1.29 is 24.2 Å². The van der Waals surface area contributed by atoms with Gasteiger partial charge >= 0.3 is 0 Å². The molecule has 7 nitrogen and oxygen atoms in total. The zero-order chi connectivity index (χ0) is 23.4. The highest BCUT2D eigenvalue weighted by Crippen LogP contribution is 2.40. The lowest BCUT2D eigenvalue weighted by molar-refractivity contribution is -0.140. The fraction of sp³-hybridized carbons (Fsp3) is 0.360. The van der Waals surface area contributed by atoms with Gasteiger partial charge in [0.05, 0.1) is 31.9 Å². The second-order valence-corrected chi connectivity index (χ2v) is 8.52. The quantitative estimate of drug-likeness (QED) is 0.379. The lowest BCUT2D eigenvalue weighted by atomic mass is 9.95. The number of aliphatic hydroxyl groups is 1. The average Bonchev–Trinajstić information content (AvgIpc) is 3.09. The third kappa shape index (κ3) is 5.05. The molecule has 2 aromatic carbocycles. The van der Waals surface area contributed by atoms with Gasteiger partial charge < -0.3 is 19.5 Å². The minimum absolute atomic E-state index is 0.0573. The first kappa shape index (κ1) is 23.3. The SMILES string of the molecule is COc1cccc(C(O)=C2C(=O)C(=O)N(CCCN3CCOCC3)[C@H]2c2cccc(Cl)c2)c1. The Hall–Kier alpha value is -2.87. The Morgan fingerprint density at radius 1 is 1.12 bits per heavy atom. The molecule has 0 aromatic heterocycles. The van der Waals surface area contributed by atoms with Gasteiger partial charge in [0.2, 0.25) is 0 Å². The maximum absolute atomic E-state index is 13.1. The van der Waals surface area contributed by atoms with Crippen molar-refractivity contribution in [2.24, 2.45) is 0 Å². The number of methoxy groups -OCH3 is 1. The largest absolute Gasteiger partial charge is 0.507 e. The first-order chi connectivity index (χ1) is 16.0. The van der Waals surface area contributed by atoms with E-state index in [4.69, 9.17) is 21.1 Å². The number of hydrogen-bond donors (Lipinski definition) is 1. The molecule has 0 spiro atoms. The molecule has 0 aliphatic carbocycles. The number of likely N-dealkylation sites (tertiary alicyclic amines) is 1. The van der Waals surface area contributed by atoms with Crippen molar-refractivity contribution in [2.75, 3.05) is 46.5 Å². The van der Waals surface area contributed by atoms with Crippen molar-refractivity contribution in [3.05, 3.63) is 70.3 Å². The fourth-order valence-corrected chi connectivity index (χ4v) is 4.55. The number of carbonyl (C=O) groups excluding carboxylic acids is 2. The molecule has 33 heavy (non-hydrogen) atoms. The van der Waals surface area contributed by atoms with Gasteiger partial charge in [-0.3, -0.25) is 14.5 Å². The van der Waals surface area contributed by atoms with E-state index in [1.807, 2.05) is 6.07 Å². The van der Waals surface area contributed by atoms with Gasteiger partial charge in [-0.1, -0.05) is 35.9 Å². The molecule has 1 atom stereocenters. The molecule has 0 unspecified atom stereocenters. The van der Waals surface area contributed by atoms with Crippen molar-refractivity contribution in [1.29, 1.82) is 0 Å². The van der Waals surface area contributed by atoms with E-state index < -0.39 is 17.7 Å². The summed E-state index contributed by atoms with van der Waals surface area (Å²) in [6.45, 7) is 4.29. The second-order valence-electron chi connectivity index (χ2n) is 8.09. The van der Waals surface area contributed by atoms with Gasteiger partial charge in [0.1, 0.15) is 11.5 Å². The van der Waals surface area contributed by atoms with Crippen LogP contribution in [0.15, 0.2) is 54.1 Å². The van der Waals surface area contributed by atoms with Gasteiger partial charge in [-0.05, 0) is 36.2 Å². The Morgan fingerprint density at radius 2 is 1.88 bits per heavy atom. The second kappa shape index (κ2) is 10.4. The van der Waals surface area contributed by atoms with Crippen LogP contribution >= 0.6 is 11.6 Å². The maximum Gasteiger partial charge on any atom is 0.295 e. The number of amides is 1. The van der Waals surface area contributed by atoms with Gasteiger partial charge in [0.15, 0.2) is 0 Å². The number of hydrogen-bond acceptors (Lipinski definition) is 6. The number of ether oxygens (including phenoxy) is 2. The van der Waals surface area contributed by atoms with Crippen molar-refractivity contribution in [3.63, 3.8) is 0 Å². The number of morpholine rings is 1. The minimum Gasteiger partial charge on any atom is -0.507 e. The third-order valence-electron chi connectivity index (χ3n) is 6.02. The highest BCUT2D eigenvalue weighted by atomic mass is 35.5. The standard InChI is InChI=1S/C25H27ClN2O5/c1-32-20-8-3-6-18(16-20)23(29)21-22(17-5-2-7-19(26)15-17)28(25(31)24(21)30)10-4-9-27-11-13-33-14-12-27/h2-3,5-8,15-16,22,29H,4,9-14H2,1H3/t22-/m0/s1. The zero-order valence-electron chi connectivity index (χ0n) is 18.5. The summed E-state index contributed by atoms with van der Waals surface area (Å²) in [6, 6.07) is 13.1. The van der Waals surface area contributed by atoms with E-state index in [1.54, 1.807) is 47.4 Å². The van der Waals surface area contributed by atoms with Crippen LogP contribution in [0, 0.1) is 0 Å². The molecule has 0 radical (unpaired) electrons. The smallest absolute Gasteiger partial charge is 0.295 e. The van der Waals surface area contributed by atoms with E-state index in [1.165, 1.54) is 7.11 Å². The first-order valence-electron chi connectivity index (χ1n) is 11.0. The predicted molar refractivity (Wildman–Crippen MR) is 125 cm³/mol. The lowest BCUT2D eigenvalue weighted by Crippen LogP contribution is -2.38. The number of nitrogens with zero attached hydrogens (tertiary/aromatic N) is 2. The molecular formula is C25H27ClN2O5. The highest BCUT2D eigenvalue weighted by molar-refractivity contribution is 6.46. The average molecular weight is 471 g/mol. The lowest BCUT2D eigenvalue weighted by Gasteiger charge is -2.29. The molecule has 2 saturated heterocycles. The summed E-state index contributed by atoms with van der Waals surface area (Å²) in [4.78, 5) is 30.0. The molecule has 2 heterocycles. The Morgan fingerprint density at radius 3 is 2.61 bits per heavy atom. The topological polar surface area (TPSA) is 79.3 Å². The molecule has 2 aliphatic heterocycles. The van der Waals surface area contributed by atoms with Gasteiger partial charge in [0, 0.05) is 36.8 Å². The Balaban J connectivity index is 1.68. The molecule has 0 bridgehead atoms. The van der Waals surface area contributed by atoms with Crippen LogP contribution in [0.3, 0.4) is 0 Å². The van der Waals surface area contributed by atoms with Crippen LogP contribution < -0.4 is 4.74 Å². The molecule has 1 amide bonds. The predicted octanol–water partition coefficient (Wildman–Crippen LogP) is 3.49. The van der Waals surface area contributed by atoms with E-state index in [-0.39, 0.29) is 11.3 Å². The molecule has 1 N–H and O–H groups in total. The first-order valence-corrected chi connectivity index (χ1v) is 11.4. The van der Waals surface area contributed by atoms with Gasteiger partial charge in [0.25, 0.3) is 11.7 Å². The number of Topliss-reactive ketones (excluding diaryl/α,β-unsaturated/α-hetero) is 1. The molecule has 8 heteroatoms. The van der Waals surface area contributed by atoms with Crippen LogP contribution in [-0.2, 0) is 14.3 Å². The summed E-state index contributed by atoms with van der Waals surface area (Å²) in [7, 11) is 1.53. The number of aliphatic hydroxyl groups excluding tert-OH is 1. The Bertz CT molecular complexity index is 1060. The van der Waals surface area contributed by atoms with Crippen molar-refractivity contribution in [3.8, 4) is 5.75 Å². The summed E-state index contributed by atoms with van der Waals surface area (Å²) < 4.78 is 10.6. The summed E-state index contributed by atoms with van der Waals surface area (Å²) >= 11 is 6.23. The summed E-state index contributed by atoms with van der Waals surface area (Å²) in [5.74, 6) is -1.01. The van der Waals surface area contributed by atoms with Crippen LogP contribution in [0.4, 0.5) is 0 Å². The van der Waals surface area contributed by atoms with Crippen LogP contribution in [-0.4, -0.2) is 73.1 Å². The summed E-state index contributed by atoms with van der Waals surface area (Å²) in [5, 5.41) is 11.6. The van der Waals surface area contributed by atoms with Crippen molar-refractivity contribution in [2.45, 2.75) is 12.5 Å². The van der Waals surface area contributed by atoms with E-state index in [0.717, 1.165) is 19.6 Å². The van der Waals surface area contributed by atoms with Gasteiger partial charge in [-0.25, -0.2) is 0 Å². The minimum atomic E-state index is -0.723. The maximum atomic E-state index is 13.1. The molecule has 2 aliphatic rings. The van der Waals surface area contributed by atoms with Crippen LogP contribution in [0.1, 0.15) is 23.6 Å². The molecule has 2 fully saturated rings. The summed E-state index contributed by atoms with van der Waals surface area (Å²) in [6.07, 6.45) is 0.698. The van der Waals surface area contributed by atoms with Crippen molar-refractivity contribution >= 4 is 29.1 Å². The van der Waals surface area contributed by atoms with Crippen LogP contribution in [0.5, 0.6) is 5.75 Å².